The largest absolute Gasteiger partial charge is 0.356 e. The normalized spacial score (nSPS) is 11.7. The molecule has 0 aromatic carbocycles. The number of allylic oxidation sites excluding steroid dienone is 4. The molecule has 0 aliphatic carbocycles. The number of nitrogens with one attached hydrogen (secondary N) is 1. The molecule has 0 aromatic rings. The quantitative estimate of drug-likeness (QED) is 0.307. The Morgan fingerprint density at radius 1 is 1.20 bits per heavy atom. The SMILES string of the molecule is CCCC=CC=C(C)C(=O)CC(=O)SCCNC(C)=O. The highest BCUT2D eigenvalue weighted by atomic mass is 32.2. The van der Waals surface area contributed by atoms with Crippen LogP contribution < -0.4 is 5.32 Å². The zero-order valence-corrected chi connectivity index (χ0v) is 13.2. The first-order valence-corrected chi connectivity index (χ1v) is 7.72. The lowest BCUT2D eigenvalue weighted by molar-refractivity contribution is -0.121. The first kappa shape index (κ1) is 18.6. The molecular weight excluding hydrogens is 274 g/mol. The van der Waals surface area contributed by atoms with E-state index in [0.29, 0.717) is 17.9 Å². The van der Waals surface area contributed by atoms with Gasteiger partial charge in [-0.15, -0.1) is 0 Å². The Morgan fingerprint density at radius 3 is 2.50 bits per heavy atom. The van der Waals surface area contributed by atoms with Gasteiger partial charge in [-0.2, -0.15) is 0 Å². The third kappa shape index (κ3) is 10.6. The number of unbranched alkanes of at least 4 members (excludes halogenated alkanes) is 1. The van der Waals surface area contributed by atoms with Crippen molar-refractivity contribution in [3.63, 3.8) is 0 Å². The van der Waals surface area contributed by atoms with Crippen LogP contribution >= 0.6 is 11.8 Å². The average molecular weight is 297 g/mol. The second-order valence-electron chi connectivity index (χ2n) is 4.37. The van der Waals surface area contributed by atoms with Gasteiger partial charge in [-0.05, 0) is 18.9 Å². The highest BCUT2D eigenvalue weighted by Crippen LogP contribution is 2.09. The first-order valence-electron chi connectivity index (χ1n) is 6.74. The summed E-state index contributed by atoms with van der Waals surface area (Å²) in [4.78, 5) is 33.9. The van der Waals surface area contributed by atoms with Gasteiger partial charge in [-0.25, -0.2) is 0 Å². The van der Waals surface area contributed by atoms with E-state index in [2.05, 4.69) is 12.2 Å². The molecule has 0 rings (SSSR count). The smallest absolute Gasteiger partial charge is 0.216 e. The highest BCUT2D eigenvalue weighted by Gasteiger charge is 2.11. The Balaban J connectivity index is 3.99. The topological polar surface area (TPSA) is 63.2 Å². The Morgan fingerprint density at radius 2 is 1.90 bits per heavy atom. The molecule has 0 aliphatic heterocycles. The fourth-order valence-corrected chi connectivity index (χ4v) is 1.95. The van der Waals surface area contributed by atoms with Gasteiger partial charge in [0.05, 0.1) is 6.42 Å². The summed E-state index contributed by atoms with van der Waals surface area (Å²) in [5, 5.41) is 2.44. The van der Waals surface area contributed by atoms with Gasteiger partial charge in [0.15, 0.2) is 10.9 Å². The van der Waals surface area contributed by atoms with Crippen LogP contribution in [-0.2, 0) is 14.4 Å². The van der Waals surface area contributed by atoms with Crippen molar-refractivity contribution in [2.75, 3.05) is 12.3 Å². The fourth-order valence-electron chi connectivity index (χ4n) is 1.28. The summed E-state index contributed by atoms with van der Waals surface area (Å²) in [7, 11) is 0. The van der Waals surface area contributed by atoms with Crippen LogP contribution in [0, 0.1) is 0 Å². The number of hydrogen-bond acceptors (Lipinski definition) is 4. The molecule has 112 valence electrons. The lowest BCUT2D eigenvalue weighted by Crippen LogP contribution is -2.23. The van der Waals surface area contributed by atoms with Crippen LogP contribution in [0.5, 0.6) is 0 Å². The number of carbonyl (C=O) groups is 3. The van der Waals surface area contributed by atoms with E-state index >= 15 is 0 Å². The molecule has 1 N–H and O–H groups in total. The second kappa shape index (κ2) is 11.5. The van der Waals surface area contributed by atoms with Crippen molar-refractivity contribution in [1.29, 1.82) is 0 Å². The van der Waals surface area contributed by atoms with E-state index in [9.17, 15) is 14.4 Å². The van der Waals surface area contributed by atoms with Crippen LogP contribution in [0.3, 0.4) is 0 Å². The van der Waals surface area contributed by atoms with E-state index in [-0.39, 0.29) is 23.2 Å². The van der Waals surface area contributed by atoms with Crippen molar-refractivity contribution in [1.82, 2.24) is 5.32 Å². The summed E-state index contributed by atoms with van der Waals surface area (Å²) >= 11 is 1.08. The number of ketones is 1. The molecule has 1 amide bonds. The molecule has 4 nitrogen and oxygen atoms in total. The number of rotatable bonds is 9. The molecule has 0 aliphatic rings. The minimum absolute atomic E-state index is 0.0886. The van der Waals surface area contributed by atoms with Crippen molar-refractivity contribution in [3.8, 4) is 0 Å². The van der Waals surface area contributed by atoms with Crippen LogP contribution in [-0.4, -0.2) is 29.1 Å². The summed E-state index contributed by atoms with van der Waals surface area (Å²) in [5.74, 6) is 0.222. The van der Waals surface area contributed by atoms with Gasteiger partial charge in [0.1, 0.15) is 0 Å². The molecule has 0 unspecified atom stereocenters. The number of carbonyl (C=O) groups excluding carboxylic acids is 3. The lowest BCUT2D eigenvalue weighted by atomic mass is 10.1. The maximum Gasteiger partial charge on any atom is 0.216 e. The van der Waals surface area contributed by atoms with Gasteiger partial charge in [0.25, 0.3) is 0 Å². The molecule has 5 heteroatoms. The minimum Gasteiger partial charge on any atom is -0.356 e. The van der Waals surface area contributed by atoms with Gasteiger partial charge in [-0.1, -0.05) is 43.3 Å². The molecule has 0 aromatic heterocycles. The highest BCUT2D eigenvalue weighted by molar-refractivity contribution is 8.13. The van der Waals surface area contributed by atoms with E-state index in [0.717, 1.165) is 24.6 Å². The molecule has 0 saturated heterocycles. The van der Waals surface area contributed by atoms with Crippen molar-refractivity contribution in [2.45, 2.75) is 40.0 Å². The Bertz CT molecular complexity index is 400. The van der Waals surface area contributed by atoms with E-state index in [4.69, 9.17) is 0 Å². The number of hydrogen-bond donors (Lipinski definition) is 1. The predicted molar refractivity (Wildman–Crippen MR) is 83.6 cm³/mol. The standard InChI is InChI=1S/C15H23NO3S/c1-4-5-6-7-8-12(2)14(18)11-15(19)20-10-9-16-13(3)17/h6-8H,4-5,9-11H2,1-3H3,(H,16,17). The van der Waals surface area contributed by atoms with E-state index in [1.165, 1.54) is 6.92 Å². The first-order chi connectivity index (χ1) is 9.47. The summed E-state index contributed by atoms with van der Waals surface area (Å²) < 4.78 is 0. The predicted octanol–water partition coefficient (Wildman–Crippen LogP) is 2.64. The number of amides is 1. The molecule has 0 heterocycles. The second-order valence-corrected chi connectivity index (χ2v) is 5.52. The summed E-state index contributed by atoms with van der Waals surface area (Å²) in [5.41, 5.74) is 0.591. The van der Waals surface area contributed by atoms with Gasteiger partial charge in [0.2, 0.25) is 5.91 Å². The lowest BCUT2D eigenvalue weighted by Gasteiger charge is -2.02. The Hall–Kier alpha value is -1.36. The number of thioether (sulfide) groups is 1. The van der Waals surface area contributed by atoms with Crippen LogP contribution in [0.1, 0.15) is 40.0 Å². The third-order valence-corrected chi connectivity index (χ3v) is 3.30. The van der Waals surface area contributed by atoms with Gasteiger partial charge in [-0.3, -0.25) is 14.4 Å². The molecule has 0 atom stereocenters. The summed E-state index contributed by atoms with van der Waals surface area (Å²) in [6, 6.07) is 0. The van der Waals surface area contributed by atoms with Gasteiger partial charge in [0, 0.05) is 19.2 Å². The fraction of sp³-hybridized carbons (Fsp3) is 0.533. The minimum atomic E-state index is -0.161. The van der Waals surface area contributed by atoms with Crippen LogP contribution in [0.4, 0.5) is 0 Å². The van der Waals surface area contributed by atoms with Gasteiger partial charge >= 0.3 is 0 Å². The molecule has 0 spiro atoms. The summed E-state index contributed by atoms with van der Waals surface area (Å²) in [6.07, 6.45) is 7.56. The van der Waals surface area contributed by atoms with Crippen LogP contribution in [0.15, 0.2) is 23.8 Å². The molecule has 0 bridgehead atoms. The van der Waals surface area contributed by atoms with Crippen LogP contribution in [0.25, 0.3) is 0 Å². The zero-order chi connectivity index (χ0) is 15.4. The van der Waals surface area contributed by atoms with Crippen molar-refractivity contribution in [3.05, 3.63) is 23.8 Å². The molecule has 0 fully saturated rings. The monoisotopic (exact) mass is 297 g/mol. The molecule has 0 saturated carbocycles. The van der Waals surface area contributed by atoms with Crippen LogP contribution in [0.2, 0.25) is 0 Å². The van der Waals surface area contributed by atoms with Crippen molar-refractivity contribution >= 4 is 28.6 Å². The van der Waals surface area contributed by atoms with Crippen molar-refractivity contribution in [2.24, 2.45) is 0 Å². The third-order valence-electron chi connectivity index (χ3n) is 2.42. The molecule has 0 radical (unpaired) electrons. The molecule has 20 heavy (non-hydrogen) atoms. The van der Waals surface area contributed by atoms with E-state index < -0.39 is 0 Å². The average Bonchev–Trinajstić information content (AvgIpc) is 2.39. The Labute approximate surface area is 125 Å². The zero-order valence-electron chi connectivity index (χ0n) is 12.4. The Kier molecular flexibility index (Phi) is 10.7. The van der Waals surface area contributed by atoms with Gasteiger partial charge < -0.3 is 5.32 Å². The number of Topliss-reactive ketones (excluding diaryl/α,β-unsaturated/α-hetero) is 1. The maximum absolute atomic E-state index is 11.8. The van der Waals surface area contributed by atoms with E-state index in [1.807, 2.05) is 12.2 Å². The van der Waals surface area contributed by atoms with E-state index in [1.54, 1.807) is 13.0 Å². The maximum atomic E-state index is 11.8. The molecular formula is C15H23NO3S. The summed E-state index contributed by atoms with van der Waals surface area (Å²) in [6.45, 7) is 5.67. The van der Waals surface area contributed by atoms with Crippen molar-refractivity contribution < 1.29 is 14.4 Å².